The summed E-state index contributed by atoms with van der Waals surface area (Å²) in [5.41, 5.74) is 1.36. The molecule has 0 fully saturated rings. The second kappa shape index (κ2) is 9.47. The number of carbonyl (C=O) groups is 2. The second-order valence-electron chi connectivity index (χ2n) is 5.52. The van der Waals surface area contributed by atoms with E-state index in [1.165, 1.54) is 30.4 Å². The quantitative estimate of drug-likeness (QED) is 0.395. The summed E-state index contributed by atoms with van der Waals surface area (Å²) in [6, 6.07) is 11.2. The van der Waals surface area contributed by atoms with Gasteiger partial charge in [0.25, 0.3) is 0 Å². The van der Waals surface area contributed by atoms with Gasteiger partial charge in [-0.25, -0.2) is 4.79 Å². The van der Waals surface area contributed by atoms with Crippen molar-refractivity contribution in [3.05, 3.63) is 65.2 Å². The van der Waals surface area contributed by atoms with Gasteiger partial charge in [-0.15, -0.1) is 0 Å². The summed E-state index contributed by atoms with van der Waals surface area (Å²) in [6.45, 7) is -1.95. The van der Waals surface area contributed by atoms with Gasteiger partial charge in [-0.2, -0.15) is 8.78 Å². The highest BCUT2D eigenvalue weighted by Gasteiger charge is 2.17. The number of hydrogen-bond acceptors (Lipinski definition) is 5. The Morgan fingerprint density at radius 3 is 2.44 bits per heavy atom. The highest BCUT2D eigenvalue weighted by Crippen LogP contribution is 2.22. The van der Waals surface area contributed by atoms with Crippen LogP contribution in [0.3, 0.4) is 0 Å². The summed E-state index contributed by atoms with van der Waals surface area (Å²) >= 11 is 0. The predicted molar refractivity (Wildman–Crippen MR) is 95.1 cm³/mol. The molecule has 142 valence electrons. The number of Topliss-reactive ketones (excluding diaryl/α,β-unsaturated/α-hetero) is 1. The van der Waals surface area contributed by atoms with E-state index in [0.29, 0.717) is 11.3 Å². The van der Waals surface area contributed by atoms with Gasteiger partial charge in [-0.3, -0.25) is 4.79 Å². The molecule has 27 heavy (non-hydrogen) atoms. The van der Waals surface area contributed by atoms with Crippen LogP contribution in [-0.2, 0) is 9.53 Å². The minimum absolute atomic E-state index is 0.0674. The maximum absolute atomic E-state index is 12.5. The topological polar surface area (TPSA) is 61.8 Å². The number of carbonyl (C=O) groups excluding carboxylic acids is 2. The molecule has 2 rings (SSSR count). The van der Waals surface area contributed by atoms with Crippen molar-refractivity contribution < 1.29 is 32.6 Å². The zero-order chi connectivity index (χ0) is 19.8. The van der Waals surface area contributed by atoms with Gasteiger partial charge in [0.15, 0.2) is 6.61 Å². The van der Waals surface area contributed by atoms with Crippen LogP contribution >= 0.6 is 0 Å². The summed E-state index contributed by atoms with van der Waals surface area (Å²) in [4.78, 5) is 24.0. The molecule has 0 saturated heterocycles. The molecule has 2 aromatic rings. The Bertz CT molecular complexity index is 829. The minimum atomic E-state index is -3.06. The smallest absolute Gasteiger partial charge is 0.387 e. The van der Waals surface area contributed by atoms with Crippen LogP contribution in [0.1, 0.15) is 21.5 Å². The number of alkyl halides is 2. The summed E-state index contributed by atoms with van der Waals surface area (Å²) < 4.78 is 39.2. The van der Waals surface area contributed by atoms with Crippen LogP contribution in [0.2, 0.25) is 0 Å². The predicted octanol–water partition coefficient (Wildman–Crippen LogP) is 4.04. The number of rotatable bonds is 8. The Morgan fingerprint density at radius 2 is 1.81 bits per heavy atom. The van der Waals surface area contributed by atoms with Crippen LogP contribution in [0.15, 0.2) is 48.5 Å². The molecule has 0 heterocycles. The Hall–Kier alpha value is -3.22. The van der Waals surface area contributed by atoms with Crippen molar-refractivity contribution in [2.45, 2.75) is 13.5 Å². The van der Waals surface area contributed by atoms with Gasteiger partial charge < -0.3 is 14.2 Å². The van der Waals surface area contributed by atoms with E-state index in [1.54, 1.807) is 38.3 Å². The van der Waals surface area contributed by atoms with Crippen molar-refractivity contribution in [1.82, 2.24) is 0 Å². The van der Waals surface area contributed by atoms with Gasteiger partial charge in [-0.05, 0) is 42.8 Å². The molecule has 0 N–H and O–H groups in total. The molecule has 0 saturated carbocycles. The number of aryl methyl sites for hydroxylation is 1. The van der Waals surface area contributed by atoms with Crippen molar-refractivity contribution >= 4 is 17.8 Å². The molecule has 0 radical (unpaired) electrons. The summed E-state index contributed by atoms with van der Waals surface area (Å²) in [7, 11) is 1.55. The number of halogens is 2. The van der Waals surface area contributed by atoms with Gasteiger partial charge in [0.05, 0.1) is 12.7 Å². The van der Waals surface area contributed by atoms with E-state index in [9.17, 15) is 18.4 Å². The van der Waals surface area contributed by atoms with Gasteiger partial charge in [-0.1, -0.05) is 23.8 Å². The largest absolute Gasteiger partial charge is 0.497 e. The second-order valence-corrected chi connectivity index (χ2v) is 5.52. The molecular weight excluding hydrogens is 358 g/mol. The maximum Gasteiger partial charge on any atom is 0.387 e. The lowest BCUT2D eigenvalue weighted by Crippen LogP contribution is -2.15. The molecule has 0 atom stereocenters. The zero-order valence-corrected chi connectivity index (χ0v) is 14.8. The normalized spacial score (nSPS) is 10.9. The van der Waals surface area contributed by atoms with Crippen molar-refractivity contribution in [3.8, 4) is 11.5 Å². The molecule has 0 aliphatic heterocycles. The third kappa shape index (κ3) is 6.22. The Labute approximate surface area is 155 Å². The molecule has 5 nitrogen and oxygen atoms in total. The molecule has 0 amide bonds. The molecule has 0 unspecified atom stereocenters. The SMILES string of the molecule is COc1ccc(/C=C/C(=O)OCC(=O)c2cc(C)ccc2OC(F)F)cc1. The molecule has 0 bridgehead atoms. The number of ether oxygens (including phenoxy) is 3. The third-order valence-electron chi connectivity index (χ3n) is 3.52. The van der Waals surface area contributed by atoms with E-state index in [1.807, 2.05) is 0 Å². The minimum Gasteiger partial charge on any atom is -0.497 e. The fraction of sp³-hybridized carbons (Fsp3) is 0.200. The Morgan fingerprint density at radius 1 is 1.11 bits per heavy atom. The fourth-order valence-electron chi connectivity index (χ4n) is 2.20. The first kappa shape index (κ1) is 20.1. The number of ketones is 1. The van der Waals surface area contributed by atoms with Gasteiger partial charge in [0.2, 0.25) is 5.78 Å². The molecule has 0 aromatic heterocycles. The van der Waals surface area contributed by atoms with E-state index in [4.69, 9.17) is 9.47 Å². The fourth-order valence-corrected chi connectivity index (χ4v) is 2.20. The van der Waals surface area contributed by atoms with E-state index in [0.717, 1.165) is 5.56 Å². The average molecular weight is 376 g/mol. The first-order valence-corrected chi connectivity index (χ1v) is 7.96. The first-order chi connectivity index (χ1) is 12.9. The van der Waals surface area contributed by atoms with Crippen LogP contribution in [0.4, 0.5) is 8.78 Å². The monoisotopic (exact) mass is 376 g/mol. The van der Waals surface area contributed by atoms with Crippen molar-refractivity contribution in [2.24, 2.45) is 0 Å². The lowest BCUT2D eigenvalue weighted by Gasteiger charge is -2.10. The number of methoxy groups -OCH3 is 1. The average Bonchev–Trinajstić information content (AvgIpc) is 2.65. The maximum atomic E-state index is 12.5. The van der Waals surface area contributed by atoms with Crippen molar-refractivity contribution in [3.63, 3.8) is 0 Å². The van der Waals surface area contributed by atoms with Gasteiger partial charge >= 0.3 is 12.6 Å². The standard InChI is InChI=1S/C20H18F2O5/c1-13-3-9-18(27-20(21)22)16(11-13)17(23)12-26-19(24)10-6-14-4-7-15(25-2)8-5-14/h3-11,20H,12H2,1-2H3/b10-6+. The molecule has 0 aliphatic carbocycles. The molecule has 0 aliphatic rings. The highest BCUT2D eigenvalue weighted by molar-refractivity contribution is 6.01. The van der Waals surface area contributed by atoms with E-state index in [-0.39, 0.29) is 11.3 Å². The Balaban J connectivity index is 1.97. The molecule has 7 heteroatoms. The lowest BCUT2D eigenvalue weighted by molar-refractivity contribution is -0.136. The number of benzene rings is 2. The summed E-state index contributed by atoms with van der Waals surface area (Å²) in [5.74, 6) is -0.950. The summed E-state index contributed by atoms with van der Waals surface area (Å²) in [5, 5.41) is 0. The third-order valence-corrected chi connectivity index (χ3v) is 3.52. The lowest BCUT2D eigenvalue weighted by atomic mass is 10.1. The van der Waals surface area contributed by atoms with Crippen LogP contribution in [0, 0.1) is 6.92 Å². The molecule has 2 aromatic carbocycles. The van der Waals surface area contributed by atoms with Crippen LogP contribution in [0.25, 0.3) is 6.08 Å². The summed E-state index contributed by atoms with van der Waals surface area (Å²) in [6.07, 6.45) is 2.69. The first-order valence-electron chi connectivity index (χ1n) is 7.96. The van der Waals surface area contributed by atoms with Gasteiger partial charge in [0, 0.05) is 6.08 Å². The van der Waals surface area contributed by atoms with Gasteiger partial charge in [0.1, 0.15) is 11.5 Å². The van der Waals surface area contributed by atoms with Crippen molar-refractivity contribution in [2.75, 3.05) is 13.7 Å². The van der Waals surface area contributed by atoms with Crippen molar-refractivity contribution in [1.29, 1.82) is 0 Å². The van der Waals surface area contributed by atoms with E-state index < -0.39 is 25.0 Å². The number of esters is 1. The van der Waals surface area contributed by atoms with E-state index in [2.05, 4.69) is 4.74 Å². The molecular formula is C20H18F2O5. The number of hydrogen-bond donors (Lipinski definition) is 0. The highest BCUT2D eigenvalue weighted by atomic mass is 19.3. The zero-order valence-electron chi connectivity index (χ0n) is 14.8. The van der Waals surface area contributed by atoms with Crippen LogP contribution in [0.5, 0.6) is 11.5 Å². The van der Waals surface area contributed by atoms with E-state index >= 15 is 0 Å². The molecule has 0 spiro atoms. The Kier molecular flexibility index (Phi) is 7.05. The van der Waals surface area contributed by atoms with Crippen LogP contribution < -0.4 is 9.47 Å². The van der Waals surface area contributed by atoms with Crippen LogP contribution in [-0.4, -0.2) is 32.1 Å².